The molecule has 0 aromatic heterocycles. The van der Waals surface area contributed by atoms with E-state index in [9.17, 15) is 9.59 Å². The zero-order chi connectivity index (χ0) is 20.2. The van der Waals surface area contributed by atoms with E-state index in [1.54, 1.807) is 30.3 Å². The van der Waals surface area contributed by atoms with Crippen LogP contribution in [0.4, 0.5) is 5.69 Å². The third-order valence-electron chi connectivity index (χ3n) is 6.03. The molecule has 0 radical (unpaired) electrons. The van der Waals surface area contributed by atoms with E-state index < -0.39 is 0 Å². The van der Waals surface area contributed by atoms with Crippen molar-refractivity contribution in [2.24, 2.45) is 0 Å². The highest BCUT2D eigenvalue weighted by Crippen LogP contribution is 2.45. The van der Waals surface area contributed by atoms with E-state index in [0.29, 0.717) is 23.1 Å². The molecule has 0 unspecified atom stereocenters. The highest BCUT2D eigenvalue weighted by molar-refractivity contribution is 6.41. The topological polar surface area (TPSA) is 37.4 Å². The van der Waals surface area contributed by atoms with Gasteiger partial charge in [-0.1, -0.05) is 37.3 Å². The second kappa shape index (κ2) is 6.44. The summed E-state index contributed by atoms with van der Waals surface area (Å²) in [4.78, 5) is 27.9. The first-order chi connectivity index (χ1) is 13.2. The van der Waals surface area contributed by atoms with Gasteiger partial charge >= 0.3 is 0 Å². The molecular formula is C25H27NO2. The van der Waals surface area contributed by atoms with Crippen LogP contribution in [0, 0.1) is 0 Å². The number of allylic oxidation sites excluding steroid dienone is 1. The minimum absolute atomic E-state index is 0.0968. The summed E-state index contributed by atoms with van der Waals surface area (Å²) in [6.07, 6.45) is 2.83. The number of ketones is 2. The Kier molecular flexibility index (Phi) is 4.29. The van der Waals surface area contributed by atoms with Crippen LogP contribution in [0.25, 0.3) is 6.08 Å². The molecule has 2 aliphatic rings. The number of carbonyl (C=O) groups is 2. The van der Waals surface area contributed by atoms with Gasteiger partial charge in [0, 0.05) is 28.4 Å². The van der Waals surface area contributed by atoms with Crippen LogP contribution in [0.2, 0.25) is 0 Å². The predicted molar refractivity (Wildman–Crippen MR) is 114 cm³/mol. The smallest absolute Gasteiger partial charge is 0.197 e. The van der Waals surface area contributed by atoms with Crippen LogP contribution >= 0.6 is 0 Å². The predicted octanol–water partition coefficient (Wildman–Crippen LogP) is 5.65. The Bertz CT molecular complexity index is 976. The molecule has 1 aliphatic carbocycles. The summed E-state index contributed by atoms with van der Waals surface area (Å²) in [6.45, 7) is 11.3. The molecule has 0 saturated carbocycles. The molecule has 1 atom stereocenters. The third-order valence-corrected chi connectivity index (χ3v) is 6.03. The fourth-order valence-electron chi connectivity index (χ4n) is 5.11. The Balaban J connectivity index is 1.77. The molecule has 0 N–H and O–H groups in total. The summed E-state index contributed by atoms with van der Waals surface area (Å²) >= 11 is 0. The molecule has 0 amide bonds. The van der Waals surface area contributed by atoms with E-state index in [-0.39, 0.29) is 22.7 Å². The van der Waals surface area contributed by atoms with Gasteiger partial charge in [-0.3, -0.25) is 9.59 Å². The SMILES string of the molecule is CC(C)N1c2ccc(C=C3C(=O)c4ccccc4C3=O)cc2[C@H](C)CC1(C)C. The highest BCUT2D eigenvalue weighted by atomic mass is 16.2. The summed E-state index contributed by atoms with van der Waals surface area (Å²) < 4.78 is 0. The largest absolute Gasteiger partial charge is 0.364 e. The van der Waals surface area contributed by atoms with Crippen LogP contribution in [0.1, 0.15) is 78.8 Å². The number of Topliss-reactive ketones (excluding diaryl/α,β-unsaturated/α-hetero) is 2. The van der Waals surface area contributed by atoms with Crippen LogP contribution < -0.4 is 4.90 Å². The lowest BCUT2D eigenvalue weighted by Crippen LogP contribution is -2.51. The van der Waals surface area contributed by atoms with Gasteiger partial charge in [0.25, 0.3) is 0 Å². The van der Waals surface area contributed by atoms with Crippen LogP contribution in [0.15, 0.2) is 48.0 Å². The fourth-order valence-corrected chi connectivity index (χ4v) is 5.11. The second-order valence-electron chi connectivity index (χ2n) is 8.96. The molecule has 3 heteroatoms. The Morgan fingerprint density at radius 3 is 2.21 bits per heavy atom. The molecule has 3 nitrogen and oxygen atoms in total. The summed E-state index contributed by atoms with van der Waals surface area (Å²) in [5.41, 5.74) is 4.85. The number of hydrogen-bond acceptors (Lipinski definition) is 3. The number of rotatable bonds is 2. The maximum absolute atomic E-state index is 12.7. The first-order valence-corrected chi connectivity index (χ1v) is 10.0. The zero-order valence-corrected chi connectivity index (χ0v) is 17.2. The number of anilines is 1. The van der Waals surface area contributed by atoms with Crippen molar-refractivity contribution in [3.8, 4) is 0 Å². The maximum Gasteiger partial charge on any atom is 0.197 e. The van der Waals surface area contributed by atoms with Gasteiger partial charge in [-0.15, -0.1) is 0 Å². The van der Waals surface area contributed by atoms with Crippen LogP contribution in [-0.4, -0.2) is 23.1 Å². The van der Waals surface area contributed by atoms with Crippen LogP contribution in [0.3, 0.4) is 0 Å². The van der Waals surface area contributed by atoms with Crippen molar-refractivity contribution >= 4 is 23.3 Å². The lowest BCUT2D eigenvalue weighted by Gasteiger charge is -2.50. The average molecular weight is 373 g/mol. The first kappa shape index (κ1) is 18.7. The van der Waals surface area contributed by atoms with Gasteiger partial charge in [-0.05, 0) is 69.4 Å². The number of hydrogen-bond donors (Lipinski definition) is 0. The quantitative estimate of drug-likeness (QED) is 0.504. The van der Waals surface area contributed by atoms with Gasteiger partial charge in [0.05, 0.1) is 5.57 Å². The van der Waals surface area contributed by atoms with Gasteiger partial charge in [-0.25, -0.2) is 0 Å². The normalized spacial score (nSPS) is 20.4. The average Bonchev–Trinajstić information content (AvgIpc) is 2.86. The lowest BCUT2D eigenvalue weighted by molar-refractivity contribution is 0.0990. The molecule has 4 rings (SSSR count). The van der Waals surface area contributed by atoms with E-state index >= 15 is 0 Å². The van der Waals surface area contributed by atoms with Gasteiger partial charge in [0.2, 0.25) is 0 Å². The minimum Gasteiger partial charge on any atom is -0.364 e. The fraction of sp³-hybridized carbons (Fsp3) is 0.360. The summed E-state index contributed by atoms with van der Waals surface area (Å²) in [7, 11) is 0. The Labute approximate surface area is 167 Å². The number of carbonyl (C=O) groups excluding carboxylic acids is 2. The van der Waals surface area contributed by atoms with Crippen molar-refractivity contribution in [3.63, 3.8) is 0 Å². The van der Waals surface area contributed by atoms with Crippen LogP contribution in [0.5, 0.6) is 0 Å². The molecule has 28 heavy (non-hydrogen) atoms. The van der Waals surface area contributed by atoms with Crippen molar-refractivity contribution in [2.75, 3.05) is 4.90 Å². The lowest BCUT2D eigenvalue weighted by atomic mass is 9.78. The monoisotopic (exact) mass is 373 g/mol. The molecule has 0 saturated heterocycles. The van der Waals surface area contributed by atoms with E-state index in [0.717, 1.165) is 12.0 Å². The summed E-state index contributed by atoms with van der Waals surface area (Å²) in [5.74, 6) is 0.0816. The summed E-state index contributed by atoms with van der Waals surface area (Å²) in [5, 5.41) is 0. The Morgan fingerprint density at radius 2 is 1.64 bits per heavy atom. The highest BCUT2D eigenvalue weighted by Gasteiger charge is 2.38. The van der Waals surface area contributed by atoms with Crippen molar-refractivity contribution in [1.82, 2.24) is 0 Å². The summed E-state index contributed by atoms with van der Waals surface area (Å²) in [6, 6.07) is 13.8. The molecule has 0 bridgehead atoms. The van der Waals surface area contributed by atoms with Crippen molar-refractivity contribution in [1.29, 1.82) is 0 Å². The van der Waals surface area contributed by atoms with E-state index in [1.165, 1.54) is 11.3 Å². The van der Waals surface area contributed by atoms with E-state index in [1.807, 2.05) is 6.07 Å². The molecular weight excluding hydrogens is 346 g/mol. The molecule has 2 aromatic carbocycles. The Morgan fingerprint density at radius 1 is 1.04 bits per heavy atom. The minimum atomic E-state index is -0.170. The van der Waals surface area contributed by atoms with E-state index in [2.05, 4.69) is 51.7 Å². The molecule has 0 fully saturated rings. The second-order valence-corrected chi connectivity index (χ2v) is 8.96. The van der Waals surface area contributed by atoms with Gasteiger partial charge in [-0.2, -0.15) is 0 Å². The maximum atomic E-state index is 12.7. The van der Waals surface area contributed by atoms with Crippen molar-refractivity contribution in [2.45, 2.75) is 58.5 Å². The third kappa shape index (κ3) is 2.81. The number of benzene rings is 2. The van der Waals surface area contributed by atoms with Gasteiger partial charge < -0.3 is 4.90 Å². The Hall–Kier alpha value is -2.68. The number of nitrogens with zero attached hydrogens (tertiary/aromatic N) is 1. The van der Waals surface area contributed by atoms with E-state index in [4.69, 9.17) is 0 Å². The molecule has 1 aliphatic heterocycles. The van der Waals surface area contributed by atoms with Crippen molar-refractivity contribution < 1.29 is 9.59 Å². The zero-order valence-electron chi connectivity index (χ0n) is 17.2. The van der Waals surface area contributed by atoms with Crippen LogP contribution in [-0.2, 0) is 0 Å². The number of fused-ring (bicyclic) bond motifs is 2. The molecule has 2 aromatic rings. The van der Waals surface area contributed by atoms with Gasteiger partial charge in [0.15, 0.2) is 11.6 Å². The molecule has 1 heterocycles. The molecule has 0 spiro atoms. The van der Waals surface area contributed by atoms with Gasteiger partial charge in [0.1, 0.15) is 0 Å². The molecule has 144 valence electrons. The standard InChI is InChI=1S/C25H27NO2/c1-15(2)26-22-11-10-17(12-20(22)16(3)14-25(26,4)5)13-21-23(27)18-8-6-7-9-19(18)24(21)28/h6-13,15-16H,14H2,1-5H3/t16-/m1/s1. The van der Waals surface area contributed by atoms with Crippen molar-refractivity contribution in [3.05, 3.63) is 70.3 Å². The first-order valence-electron chi connectivity index (χ1n) is 10.0.